The third kappa shape index (κ3) is 5.16. The zero-order chi connectivity index (χ0) is 22.7. The summed E-state index contributed by atoms with van der Waals surface area (Å²) in [5.74, 6) is 0.586. The van der Waals surface area contributed by atoms with Crippen molar-refractivity contribution in [3.05, 3.63) is 82.3 Å². The lowest BCUT2D eigenvalue weighted by Crippen LogP contribution is -2.37. The lowest BCUT2D eigenvalue weighted by Gasteiger charge is -2.22. The maximum absolute atomic E-state index is 13.3. The summed E-state index contributed by atoms with van der Waals surface area (Å²) < 4.78 is 38.3. The first-order valence-electron chi connectivity index (χ1n) is 9.51. The summed E-state index contributed by atoms with van der Waals surface area (Å²) in [6.07, 6.45) is 0. The number of fused-ring (bicyclic) bond motifs is 1. The van der Waals surface area contributed by atoms with E-state index < -0.39 is 22.5 Å². The molecule has 0 spiro atoms. The highest BCUT2D eigenvalue weighted by atomic mass is 35.5. The molecule has 0 atom stereocenters. The molecular formula is C22H18Cl2N2O5S. The topological polar surface area (TPSA) is 84.9 Å². The Kier molecular flexibility index (Phi) is 6.57. The van der Waals surface area contributed by atoms with Crippen molar-refractivity contribution in [3.63, 3.8) is 0 Å². The second kappa shape index (κ2) is 9.38. The Balaban J connectivity index is 1.57. The third-order valence-corrected chi connectivity index (χ3v) is 7.01. The summed E-state index contributed by atoms with van der Waals surface area (Å²) in [4.78, 5) is 12.8. The molecule has 0 aromatic heterocycles. The number of ether oxygens (including phenoxy) is 2. The van der Waals surface area contributed by atoms with Gasteiger partial charge in [0.15, 0.2) is 11.5 Å². The Morgan fingerprint density at radius 3 is 2.22 bits per heavy atom. The number of benzene rings is 3. The van der Waals surface area contributed by atoms with Crippen molar-refractivity contribution in [2.24, 2.45) is 0 Å². The van der Waals surface area contributed by atoms with Gasteiger partial charge in [-0.15, -0.1) is 0 Å². The molecule has 166 valence electrons. The fraction of sp³-hybridized carbons (Fsp3) is 0.136. The van der Waals surface area contributed by atoms with Gasteiger partial charge in [-0.2, -0.15) is 4.31 Å². The molecule has 3 aromatic carbocycles. The molecule has 0 unspecified atom stereocenters. The molecule has 0 radical (unpaired) electrons. The quantitative estimate of drug-likeness (QED) is 0.522. The molecule has 1 N–H and O–H groups in total. The smallest absolute Gasteiger partial charge is 0.243 e. The first kappa shape index (κ1) is 22.4. The molecule has 0 fully saturated rings. The summed E-state index contributed by atoms with van der Waals surface area (Å²) >= 11 is 11.8. The fourth-order valence-corrected chi connectivity index (χ4v) is 4.75. The number of carbonyl (C=O) groups is 1. The predicted octanol–water partition coefficient (Wildman–Crippen LogP) is 4.55. The van der Waals surface area contributed by atoms with Crippen molar-refractivity contribution >= 4 is 44.8 Å². The van der Waals surface area contributed by atoms with Crippen LogP contribution in [0.15, 0.2) is 71.6 Å². The molecule has 0 bridgehead atoms. The van der Waals surface area contributed by atoms with Crippen LogP contribution < -0.4 is 14.8 Å². The van der Waals surface area contributed by atoms with Gasteiger partial charge in [-0.1, -0.05) is 35.3 Å². The third-order valence-electron chi connectivity index (χ3n) is 4.70. The number of halogens is 2. The van der Waals surface area contributed by atoms with Crippen molar-refractivity contribution in [1.82, 2.24) is 4.31 Å². The minimum atomic E-state index is -3.99. The Bertz CT molecular complexity index is 1230. The van der Waals surface area contributed by atoms with E-state index in [9.17, 15) is 13.2 Å². The van der Waals surface area contributed by atoms with E-state index >= 15 is 0 Å². The van der Waals surface area contributed by atoms with Crippen LogP contribution in [0.2, 0.25) is 10.0 Å². The van der Waals surface area contributed by atoms with Crippen molar-refractivity contribution in [1.29, 1.82) is 0 Å². The van der Waals surface area contributed by atoms with E-state index in [2.05, 4.69) is 5.32 Å². The normalized spacial score (nSPS) is 12.7. The van der Waals surface area contributed by atoms with Crippen LogP contribution in [0.3, 0.4) is 0 Å². The van der Waals surface area contributed by atoms with E-state index in [4.69, 9.17) is 32.7 Å². The Hall–Kier alpha value is -2.78. The highest BCUT2D eigenvalue weighted by molar-refractivity contribution is 7.89. The SMILES string of the molecule is O=C(CN(Cc1ccc(Cl)cc1)S(=O)(=O)c1ccc(Cl)cc1)Nc1ccc2c(c1)OCO2. The van der Waals surface area contributed by atoms with Crippen LogP contribution in [0.25, 0.3) is 0 Å². The van der Waals surface area contributed by atoms with Crippen LogP contribution in [0.1, 0.15) is 5.56 Å². The van der Waals surface area contributed by atoms with Crippen LogP contribution >= 0.6 is 23.2 Å². The first-order valence-corrected chi connectivity index (χ1v) is 11.7. The van der Waals surface area contributed by atoms with Crippen LogP contribution in [0.4, 0.5) is 5.69 Å². The molecule has 0 aliphatic carbocycles. The number of carbonyl (C=O) groups excluding carboxylic acids is 1. The summed E-state index contributed by atoms with van der Waals surface area (Å²) in [6, 6.07) is 17.5. The van der Waals surface area contributed by atoms with Crippen molar-refractivity contribution in [2.45, 2.75) is 11.4 Å². The molecule has 1 aliphatic heterocycles. The zero-order valence-electron chi connectivity index (χ0n) is 16.6. The van der Waals surface area contributed by atoms with Crippen LogP contribution in [-0.2, 0) is 21.4 Å². The number of anilines is 1. The average molecular weight is 493 g/mol. The molecular weight excluding hydrogens is 475 g/mol. The number of nitrogens with one attached hydrogen (secondary N) is 1. The number of nitrogens with zero attached hydrogens (tertiary/aromatic N) is 1. The monoisotopic (exact) mass is 492 g/mol. The largest absolute Gasteiger partial charge is 0.454 e. The van der Waals surface area contributed by atoms with Crippen LogP contribution in [-0.4, -0.2) is 32.0 Å². The summed E-state index contributed by atoms with van der Waals surface area (Å²) in [5, 5.41) is 3.65. The Morgan fingerprint density at radius 1 is 0.906 bits per heavy atom. The van der Waals surface area contributed by atoms with Gasteiger partial charge in [0.1, 0.15) is 0 Å². The van der Waals surface area contributed by atoms with E-state index in [0.717, 1.165) is 4.31 Å². The van der Waals surface area contributed by atoms with Gasteiger partial charge in [-0.3, -0.25) is 4.79 Å². The number of hydrogen-bond acceptors (Lipinski definition) is 5. The molecule has 4 rings (SSSR count). The van der Waals surface area contributed by atoms with E-state index in [0.29, 0.717) is 32.8 Å². The van der Waals surface area contributed by atoms with Gasteiger partial charge < -0.3 is 14.8 Å². The van der Waals surface area contributed by atoms with Gasteiger partial charge in [0, 0.05) is 28.3 Å². The maximum atomic E-state index is 13.3. The zero-order valence-corrected chi connectivity index (χ0v) is 19.0. The second-order valence-electron chi connectivity index (χ2n) is 6.97. The van der Waals surface area contributed by atoms with E-state index in [1.807, 2.05) is 0 Å². The van der Waals surface area contributed by atoms with E-state index in [-0.39, 0.29) is 18.2 Å². The van der Waals surface area contributed by atoms with Gasteiger partial charge in [-0.25, -0.2) is 8.42 Å². The maximum Gasteiger partial charge on any atom is 0.243 e. The van der Waals surface area contributed by atoms with Crippen molar-refractivity contribution in [2.75, 3.05) is 18.7 Å². The number of rotatable bonds is 7. The Morgan fingerprint density at radius 2 is 1.53 bits per heavy atom. The fourth-order valence-electron chi connectivity index (χ4n) is 3.11. The molecule has 1 heterocycles. The molecule has 1 aliphatic rings. The first-order chi connectivity index (χ1) is 15.3. The summed E-state index contributed by atoms with van der Waals surface area (Å²) in [6.45, 7) is -0.306. The second-order valence-corrected chi connectivity index (χ2v) is 9.78. The van der Waals surface area contributed by atoms with Gasteiger partial charge in [-0.05, 0) is 54.1 Å². The summed E-state index contributed by atoms with van der Waals surface area (Å²) in [5.41, 5.74) is 1.15. The van der Waals surface area contributed by atoms with Gasteiger partial charge in [0.25, 0.3) is 0 Å². The minimum Gasteiger partial charge on any atom is -0.454 e. The number of hydrogen-bond donors (Lipinski definition) is 1. The molecule has 10 heteroatoms. The van der Waals surface area contributed by atoms with E-state index in [1.165, 1.54) is 24.3 Å². The molecule has 0 saturated carbocycles. The van der Waals surface area contributed by atoms with Crippen LogP contribution in [0, 0.1) is 0 Å². The van der Waals surface area contributed by atoms with E-state index in [1.54, 1.807) is 42.5 Å². The molecule has 0 saturated heterocycles. The highest BCUT2D eigenvalue weighted by Gasteiger charge is 2.27. The molecule has 32 heavy (non-hydrogen) atoms. The van der Waals surface area contributed by atoms with Gasteiger partial charge in [0.05, 0.1) is 11.4 Å². The number of sulfonamides is 1. The Labute approximate surface area is 195 Å². The molecule has 7 nitrogen and oxygen atoms in total. The van der Waals surface area contributed by atoms with Crippen LogP contribution in [0.5, 0.6) is 11.5 Å². The average Bonchev–Trinajstić information content (AvgIpc) is 3.23. The van der Waals surface area contributed by atoms with Gasteiger partial charge in [0.2, 0.25) is 22.7 Å². The lowest BCUT2D eigenvalue weighted by atomic mass is 10.2. The van der Waals surface area contributed by atoms with Crippen molar-refractivity contribution in [3.8, 4) is 11.5 Å². The lowest BCUT2D eigenvalue weighted by molar-refractivity contribution is -0.116. The minimum absolute atomic E-state index is 0.0172. The molecule has 3 aromatic rings. The van der Waals surface area contributed by atoms with Crippen molar-refractivity contribution < 1.29 is 22.7 Å². The predicted molar refractivity (Wildman–Crippen MR) is 122 cm³/mol. The van der Waals surface area contributed by atoms with Gasteiger partial charge >= 0.3 is 0 Å². The highest BCUT2D eigenvalue weighted by Crippen LogP contribution is 2.34. The summed E-state index contributed by atoms with van der Waals surface area (Å²) in [7, 11) is -3.99. The molecule has 1 amide bonds. The standard InChI is InChI=1S/C22H18Cl2N2O5S/c23-16-3-1-15(2-4-16)12-26(32(28,29)19-8-5-17(24)6-9-19)13-22(27)25-18-7-10-20-21(11-18)31-14-30-20/h1-11H,12-14H2,(H,25,27). The number of amides is 1.